The van der Waals surface area contributed by atoms with E-state index in [2.05, 4.69) is 15.4 Å². The summed E-state index contributed by atoms with van der Waals surface area (Å²) < 4.78 is 21.2. The minimum Gasteiger partial charge on any atom is -0.419 e. The predicted molar refractivity (Wildman–Crippen MR) is 95.1 cm³/mol. The molecule has 148 valence electrons. The molecule has 1 amide bonds. The van der Waals surface area contributed by atoms with E-state index < -0.39 is 18.3 Å². The maximum Gasteiger partial charge on any atom is 0.406 e. The zero-order chi connectivity index (χ0) is 19.5. The van der Waals surface area contributed by atoms with Gasteiger partial charge in [0.05, 0.1) is 38.9 Å². The van der Waals surface area contributed by atoms with E-state index in [1.165, 1.54) is 11.1 Å². The van der Waals surface area contributed by atoms with Gasteiger partial charge in [-0.15, -0.1) is 10.2 Å². The Labute approximate surface area is 161 Å². The van der Waals surface area contributed by atoms with Crippen molar-refractivity contribution in [3.63, 3.8) is 0 Å². The number of nitrogens with two attached hydrogens (primary N) is 1. The Morgan fingerprint density at radius 2 is 2.04 bits per heavy atom. The van der Waals surface area contributed by atoms with Crippen LogP contribution in [0.4, 0.5) is 4.79 Å². The van der Waals surface area contributed by atoms with E-state index in [0.717, 1.165) is 0 Å². The third-order valence-electron chi connectivity index (χ3n) is 3.56. The first-order valence-corrected chi connectivity index (χ1v) is 8.59. The van der Waals surface area contributed by atoms with Crippen molar-refractivity contribution in [2.75, 3.05) is 33.5 Å². The number of hydrogen-bond acceptors (Lipinski definition) is 8. The number of rotatable bonds is 12. The van der Waals surface area contributed by atoms with E-state index >= 15 is 0 Å². The fourth-order valence-electron chi connectivity index (χ4n) is 2.37. The molecule has 2 N–H and O–H groups in total. The zero-order valence-corrected chi connectivity index (χ0v) is 15.6. The molecule has 2 rings (SSSR count). The Morgan fingerprint density at radius 1 is 1.26 bits per heavy atom. The molecule has 27 heavy (non-hydrogen) atoms. The Bertz CT molecular complexity index is 688. The van der Waals surface area contributed by atoms with E-state index in [-0.39, 0.29) is 13.2 Å². The largest absolute Gasteiger partial charge is 0.419 e. The highest BCUT2D eigenvalue weighted by Gasteiger charge is 2.30. The minimum absolute atomic E-state index is 0.174. The van der Waals surface area contributed by atoms with E-state index in [0.29, 0.717) is 30.4 Å². The van der Waals surface area contributed by atoms with Gasteiger partial charge in [0.15, 0.2) is 6.33 Å². The average molecular weight is 400 g/mol. The molecule has 0 aliphatic carbocycles. The summed E-state index contributed by atoms with van der Waals surface area (Å²) in [5, 5.41) is 12.0. The molecule has 1 aromatic heterocycles. The summed E-state index contributed by atoms with van der Waals surface area (Å²) in [6.45, 7) is 1.58. The molecule has 0 radical (unpaired) electrons. The molecule has 2 aromatic rings. The highest BCUT2D eigenvalue weighted by molar-refractivity contribution is 6.31. The molecule has 0 saturated carbocycles. The SMILES string of the molecule is COCCOCCOC(OC(N)=O)C(Cn1ncnn1)c1ccccc1Cl. The van der Waals surface area contributed by atoms with Gasteiger partial charge in [-0.05, 0) is 16.8 Å². The Kier molecular flexibility index (Phi) is 8.92. The lowest BCUT2D eigenvalue weighted by Gasteiger charge is -2.27. The Morgan fingerprint density at radius 3 is 2.70 bits per heavy atom. The molecule has 10 nitrogen and oxygen atoms in total. The van der Waals surface area contributed by atoms with Crippen molar-refractivity contribution in [1.82, 2.24) is 20.2 Å². The van der Waals surface area contributed by atoms with Crippen molar-refractivity contribution in [2.24, 2.45) is 5.73 Å². The molecule has 0 saturated heterocycles. The standard InChI is InChI=1S/C16H22ClN5O5/c1-24-6-7-25-8-9-26-15(27-16(18)23)13(10-22-20-11-19-21-22)12-4-2-3-5-14(12)17/h2-5,11,13,15H,6-10H2,1H3,(H2,18,23). The number of methoxy groups -OCH3 is 1. The first-order valence-electron chi connectivity index (χ1n) is 8.21. The number of ether oxygens (including phenoxy) is 4. The van der Waals surface area contributed by atoms with Crippen molar-refractivity contribution in [3.05, 3.63) is 41.2 Å². The van der Waals surface area contributed by atoms with Crippen molar-refractivity contribution in [1.29, 1.82) is 0 Å². The first kappa shape index (κ1) is 21.0. The molecule has 0 aliphatic heterocycles. The normalized spacial score (nSPS) is 13.3. The summed E-state index contributed by atoms with van der Waals surface area (Å²) in [6.07, 6.45) is -0.679. The van der Waals surface area contributed by atoms with Gasteiger partial charge in [-0.25, -0.2) is 4.79 Å². The fraction of sp³-hybridized carbons (Fsp3) is 0.500. The van der Waals surface area contributed by atoms with Crippen LogP contribution in [0.25, 0.3) is 0 Å². The lowest BCUT2D eigenvalue weighted by Crippen LogP contribution is -2.34. The molecular weight excluding hydrogens is 378 g/mol. The predicted octanol–water partition coefficient (Wildman–Crippen LogP) is 1.21. The first-order chi connectivity index (χ1) is 13.1. The smallest absolute Gasteiger partial charge is 0.406 e. The van der Waals surface area contributed by atoms with Crippen LogP contribution in [0.1, 0.15) is 11.5 Å². The number of benzene rings is 1. The lowest BCUT2D eigenvalue weighted by atomic mass is 9.98. The third-order valence-corrected chi connectivity index (χ3v) is 3.90. The molecule has 2 atom stereocenters. The summed E-state index contributed by atoms with van der Waals surface area (Å²) in [5.41, 5.74) is 5.92. The minimum atomic E-state index is -1.01. The van der Waals surface area contributed by atoms with Crippen LogP contribution < -0.4 is 5.73 Å². The van der Waals surface area contributed by atoms with Crippen LogP contribution in [0.5, 0.6) is 0 Å². The fourth-order valence-corrected chi connectivity index (χ4v) is 2.65. The number of amides is 1. The van der Waals surface area contributed by atoms with Gasteiger partial charge >= 0.3 is 6.09 Å². The molecule has 0 spiro atoms. The molecule has 1 heterocycles. The topological polar surface area (TPSA) is 124 Å². The van der Waals surface area contributed by atoms with Crippen molar-refractivity contribution < 1.29 is 23.7 Å². The van der Waals surface area contributed by atoms with Crippen molar-refractivity contribution in [2.45, 2.75) is 18.8 Å². The number of hydrogen-bond donors (Lipinski definition) is 1. The van der Waals surface area contributed by atoms with Gasteiger partial charge in [-0.1, -0.05) is 29.8 Å². The number of aromatic nitrogens is 4. The second-order valence-electron chi connectivity index (χ2n) is 5.40. The van der Waals surface area contributed by atoms with Crippen LogP contribution in [0.2, 0.25) is 5.02 Å². The quantitative estimate of drug-likeness (QED) is 0.417. The van der Waals surface area contributed by atoms with Crippen LogP contribution in [-0.2, 0) is 25.5 Å². The number of primary amides is 1. The highest BCUT2D eigenvalue weighted by atomic mass is 35.5. The summed E-state index contributed by atoms with van der Waals surface area (Å²) in [6, 6.07) is 7.15. The summed E-state index contributed by atoms with van der Waals surface area (Å²) in [7, 11) is 1.59. The number of carbonyl (C=O) groups excluding carboxylic acids is 1. The number of nitrogens with zero attached hydrogens (tertiary/aromatic N) is 4. The number of tetrazole rings is 1. The molecule has 0 fully saturated rings. The second-order valence-corrected chi connectivity index (χ2v) is 5.81. The molecule has 11 heteroatoms. The second kappa shape index (κ2) is 11.4. The Hall–Kier alpha value is -2.27. The molecule has 2 unspecified atom stereocenters. The van der Waals surface area contributed by atoms with Gasteiger partial charge in [0.25, 0.3) is 0 Å². The number of carbonyl (C=O) groups is 1. The van der Waals surface area contributed by atoms with Crippen molar-refractivity contribution in [3.8, 4) is 0 Å². The van der Waals surface area contributed by atoms with Crippen LogP contribution in [0.15, 0.2) is 30.6 Å². The molecule has 1 aromatic carbocycles. The van der Waals surface area contributed by atoms with Gasteiger partial charge in [0, 0.05) is 12.1 Å². The van der Waals surface area contributed by atoms with Crippen molar-refractivity contribution >= 4 is 17.7 Å². The number of halogens is 1. The molecule has 0 aliphatic rings. The molecular formula is C16H22ClN5O5. The maximum absolute atomic E-state index is 11.4. The van der Waals surface area contributed by atoms with Crippen LogP contribution in [-0.4, -0.2) is 66.1 Å². The van der Waals surface area contributed by atoms with Crippen LogP contribution in [0.3, 0.4) is 0 Å². The van der Waals surface area contributed by atoms with Gasteiger partial charge in [-0.2, -0.15) is 4.80 Å². The van der Waals surface area contributed by atoms with E-state index in [4.69, 9.17) is 36.3 Å². The van der Waals surface area contributed by atoms with Gasteiger partial charge in [-0.3, -0.25) is 0 Å². The van der Waals surface area contributed by atoms with E-state index in [1.807, 2.05) is 6.07 Å². The van der Waals surface area contributed by atoms with Gasteiger partial charge < -0.3 is 24.7 Å². The monoisotopic (exact) mass is 399 g/mol. The summed E-state index contributed by atoms with van der Waals surface area (Å²) in [4.78, 5) is 12.7. The zero-order valence-electron chi connectivity index (χ0n) is 14.9. The van der Waals surface area contributed by atoms with Gasteiger partial charge in [0.1, 0.15) is 0 Å². The Balaban J connectivity index is 2.13. The summed E-state index contributed by atoms with van der Waals surface area (Å²) >= 11 is 6.33. The van der Waals surface area contributed by atoms with E-state index in [1.54, 1.807) is 25.3 Å². The van der Waals surface area contributed by atoms with E-state index in [9.17, 15) is 4.79 Å². The summed E-state index contributed by atoms with van der Waals surface area (Å²) in [5.74, 6) is -0.514. The maximum atomic E-state index is 11.4. The third kappa shape index (κ3) is 7.10. The van der Waals surface area contributed by atoms with Crippen LogP contribution >= 0.6 is 11.6 Å². The van der Waals surface area contributed by atoms with Crippen LogP contribution in [0, 0.1) is 0 Å². The lowest BCUT2D eigenvalue weighted by molar-refractivity contribution is -0.131. The highest BCUT2D eigenvalue weighted by Crippen LogP contribution is 2.30. The van der Waals surface area contributed by atoms with Gasteiger partial charge in [0.2, 0.25) is 6.29 Å². The average Bonchev–Trinajstić information content (AvgIpc) is 3.15. The molecule has 0 bridgehead atoms.